The maximum absolute atomic E-state index is 12.6. The van der Waals surface area contributed by atoms with Crippen LogP contribution in [0.4, 0.5) is 0 Å². The summed E-state index contributed by atoms with van der Waals surface area (Å²) in [4.78, 5) is 58.6. The van der Waals surface area contributed by atoms with Crippen molar-refractivity contribution in [3.63, 3.8) is 0 Å². The fourth-order valence-electron chi connectivity index (χ4n) is 9.23. The number of carboxylic acid groups (broad SMARTS) is 2. The number of carboxylic acids is 2. The third-order valence-electron chi connectivity index (χ3n) is 13.3. The van der Waals surface area contributed by atoms with Crippen LogP contribution in [0.25, 0.3) is 0 Å². The molecule has 4 fully saturated rings. The van der Waals surface area contributed by atoms with Gasteiger partial charge in [-0.05, 0) is 23.7 Å². The maximum Gasteiger partial charge on any atom is 0.217 e. The van der Waals surface area contributed by atoms with Crippen LogP contribution in [0.15, 0.2) is 0 Å². The molecule has 0 aromatic rings. The van der Waals surface area contributed by atoms with E-state index in [-0.39, 0.29) is 13.2 Å². The summed E-state index contributed by atoms with van der Waals surface area (Å²) in [7, 11) is -10.7. The van der Waals surface area contributed by atoms with Crippen LogP contribution in [0.3, 0.4) is 0 Å². The summed E-state index contributed by atoms with van der Waals surface area (Å²) in [5.74, 6) is -10.4. The molecular formula is C38H58N2O29S2-6. The van der Waals surface area contributed by atoms with Crippen molar-refractivity contribution in [1.29, 1.82) is 0 Å². The summed E-state index contributed by atoms with van der Waals surface area (Å²) in [5.41, 5.74) is 0. The zero-order chi connectivity index (χ0) is 53.1. The van der Waals surface area contributed by atoms with Gasteiger partial charge >= 0.3 is 0 Å². The Kier molecular flexibility index (Phi) is 23.0. The van der Waals surface area contributed by atoms with Crippen molar-refractivity contribution in [2.24, 2.45) is 41.4 Å². The second-order valence-corrected chi connectivity index (χ2v) is 19.8. The number of aliphatic carboxylic acids is 2. The van der Waals surface area contributed by atoms with Crippen molar-refractivity contribution >= 4 is 44.6 Å². The number of nitrogens with one attached hydrogen (secondary N) is 2. The van der Waals surface area contributed by atoms with Gasteiger partial charge in [0, 0.05) is 31.6 Å². The molecule has 4 heterocycles. The molecule has 4 saturated heterocycles. The van der Waals surface area contributed by atoms with Gasteiger partial charge in [0.05, 0.1) is 95.2 Å². The van der Waals surface area contributed by atoms with Crippen LogP contribution in [-0.2, 0) is 101 Å². The number of carbonyl (C=O) groups is 4. The van der Waals surface area contributed by atoms with Crippen molar-refractivity contribution in [3.8, 4) is 0 Å². The molecule has 0 spiro atoms. The Hall–Kier alpha value is -2.98. The summed E-state index contributed by atoms with van der Waals surface area (Å²) in [6.45, 7) is 4.03. The Labute approximate surface area is 407 Å². The standard InChI is InChI=1S/C38H64N2O29S2/c1-15-16(2)24(10-59-9-23-30(40-20(6)42)38(48)65-28(33(23)67-69-50)14-61-71(54,55)56)63-34(36(44)45)21(15)7-57-12-26-29(39-19(5)41)22(32(66-68-49)27(62-26)13-60-70(51,52)53)8-58-11-25-17(3)18(4)31(43)35(64-25)37(46)47/h15-18,21-35,38,43,48-50H,7-14H2,1-6H3,(H,39,41)(H,40,42)(H,44,45)(H,46,47)(H,51,52,53)(H,54,55,56)/p-6. The summed E-state index contributed by atoms with van der Waals surface area (Å²) in [6, 6.07) is -2.64. The zero-order valence-electron chi connectivity index (χ0n) is 38.9. The van der Waals surface area contributed by atoms with E-state index in [1.807, 2.05) is 0 Å². The molecule has 0 aliphatic carbocycles. The summed E-state index contributed by atoms with van der Waals surface area (Å²) >= 11 is 0. The van der Waals surface area contributed by atoms with E-state index < -0.39 is 205 Å². The monoisotopic (exact) mass is 1070 g/mol. The van der Waals surface area contributed by atoms with E-state index in [0.717, 1.165) is 13.8 Å². The Morgan fingerprint density at radius 2 is 0.930 bits per heavy atom. The molecule has 4 N–H and O–H groups in total. The molecule has 2 amide bonds. The van der Waals surface area contributed by atoms with Crippen LogP contribution in [0.2, 0.25) is 0 Å². The van der Waals surface area contributed by atoms with Crippen molar-refractivity contribution < 1.29 is 137 Å². The van der Waals surface area contributed by atoms with Gasteiger partial charge in [0.15, 0.2) is 6.29 Å². The van der Waals surface area contributed by atoms with Gasteiger partial charge in [0.25, 0.3) is 0 Å². The van der Waals surface area contributed by atoms with E-state index in [1.165, 1.54) is 0 Å². The third kappa shape index (κ3) is 17.0. The van der Waals surface area contributed by atoms with E-state index in [4.69, 9.17) is 42.9 Å². The lowest BCUT2D eigenvalue weighted by Crippen LogP contribution is -2.64. The molecule has 0 aromatic heterocycles. The minimum Gasteiger partial charge on any atom is -0.726 e. The normalized spacial score (nSPS) is 38.0. The van der Waals surface area contributed by atoms with Crippen LogP contribution in [-0.4, -0.2) is 192 Å². The quantitative estimate of drug-likeness (QED) is 0.0270. The topological polar surface area (TPSA) is 459 Å². The number of hydrogen-bond donors (Lipinski definition) is 4. The molecule has 31 nitrogen and oxygen atoms in total. The Balaban J connectivity index is 1.51. The van der Waals surface area contributed by atoms with Gasteiger partial charge in [-0.1, -0.05) is 27.7 Å². The number of carbonyl (C=O) groups excluding carboxylic acids is 4. The van der Waals surface area contributed by atoms with Gasteiger partial charge in [-0.15, -0.1) is 0 Å². The Morgan fingerprint density at radius 1 is 0.521 bits per heavy atom. The van der Waals surface area contributed by atoms with Gasteiger partial charge in [-0.25, -0.2) is 26.6 Å². The van der Waals surface area contributed by atoms with Gasteiger partial charge in [0.2, 0.25) is 32.6 Å². The number of aliphatic hydroxyl groups excluding tert-OH is 2. The van der Waals surface area contributed by atoms with Gasteiger partial charge in [0.1, 0.15) is 42.7 Å². The van der Waals surface area contributed by atoms with E-state index in [2.05, 4.69) is 29.1 Å². The van der Waals surface area contributed by atoms with Gasteiger partial charge < -0.3 is 93.4 Å². The molecule has 0 aromatic carbocycles. The summed E-state index contributed by atoms with van der Waals surface area (Å²) in [6.07, 6.45) is -16.5. The first-order chi connectivity index (χ1) is 33.2. The van der Waals surface area contributed by atoms with Crippen molar-refractivity contribution in [2.45, 2.75) is 121 Å². The predicted octanol–water partition coefficient (Wildman–Crippen LogP) is -8.54. The average molecular weight is 1070 g/mol. The second kappa shape index (κ2) is 27.0. The highest BCUT2D eigenvalue weighted by Gasteiger charge is 2.51. The first kappa shape index (κ1) is 60.6. The second-order valence-electron chi connectivity index (χ2n) is 17.7. The van der Waals surface area contributed by atoms with Gasteiger partial charge in [-0.2, -0.15) is 0 Å². The molecule has 0 bridgehead atoms. The molecule has 33 heteroatoms. The highest BCUT2D eigenvalue weighted by molar-refractivity contribution is 7.81. The van der Waals surface area contributed by atoms with Crippen molar-refractivity contribution in [3.05, 3.63) is 0 Å². The molecular weight excluding hydrogens is 1010 g/mol. The lowest BCUT2D eigenvalue weighted by molar-refractivity contribution is -0.808. The average Bonchev–Trinajstić information content (AvgIpc) is 3.26. The fourth-order valence-corrected chi connectivity index (χ4v) is 9.83. The lowest BCUT2D eigenvalue weighted by atomic mass is 9.76. The molecule has 0 saturated carbocycles. The molecule has 412 valence electrons. The van der Waals surface area contributed by atoms with Crippen LogP contribution in [0.1, 0.15) is 41.5 Å². The van der Waals surface area contributed by atoms with Crippen molar-refractivity contribution in [2.75, 3.05) is 52.9 Å². The number of hydrogen-bond acceptors (Lipinski definition) is 29. The van der Waals surface area contributed by atoms with Crippen LogP contribution < -0.4 is 31.4 Å². The lowest BCUT2D eigenvalue weighted by Gasteiger charge is -2.47. The fraction of sp³-hybridized carbons (Fsp3) is 0.895. The molecule has 4 aliphatic heterocycles. The maximum atomic E-state index is 12.6. The van der Waals surface area contributed by atoms with Crippen LogP contribution in [0.5, 0.6) is 0 Å². The highest BCUT2D eigenvalue weighted by Crippen LogP contribution is 2.38. The summed E-state index contributed by atoms with van der Waals surface area (Å²) in [5, 5.41) is 80.2. The third-order valence-corrected chi connectivity index (χ3v) is 14.1. The number of aliphatic hydroxyl groups is 2. The zero-order valence-corrected chi connectivity index (χ0v) is 40.6. The van der Waals surface area contributed by atoms with Crippen LogP contribution in [0, 0.1) is 41.4 Å². The van der Waals surface area contributed by atoms with Crippen molar-refractivity contribution in [1.82, 2.24) is 10.6 Å². The minimum absolute atomic E-state index is 0.335. The molecule has 20 atom stereocenters. The molecule has 20 unspecified atom stereocenters. The summed E-state index contributed by atoms with van der Waals surface area (Å²) < 4.78 is 117. The smallest absolute Gasteiger partial charge is 0.217 e. The molecule has 4 aliphatic rings. The van der Waals surface area contributed by atoms with Crippen LogP contribution >= 0.6 is 0 Å². The van der Waals surface area contributed by atoms with Gasteiger partial charge in [-0.3, -0.25) is 28.0 Å². The largest absolute Gasteiger partial charge is 0.726 e. The first-order valence-electron chi connectivity index (χ1n) is 22.0. The highest BCUT2D eigenvalue weighted by atomic mass is 32.3. The number of rotatable bonds is 26. The van der Waals surface area contributed by atoms with E-state index >= 15 is 0 Å². The minimum atomic E-state index is -5.38. The molecule has 71 heavy (non-hydrogen) atoms. The number of ether oxygens (including phenoxy) is 7. The Morgan fingerprint density at radius 3 is 1.38 bits per heavy atom. The SMILES string of the molecule is CC(=O)NC1C(O)OC(COS(=O)(=O)[O-])C(OO[O-])C1COCC1OC(C(=O)[O-])C(COCC2OC(COS(=O)(=O)[O-])C(OO[O-])C(COCC3OC(C(=O)[O-])C(O)C(C)C3C)C2NC(C)=O)C(C)C1C. The molecule has 0 radical (unpaired) electrons. The van der Waals surface area contributed by atoms with E-state index in [9.17, 15) is 76.1 Å². The molecule has 4 rings (SSSR count). The first-order valence-corrected chi connectivity index (χ1v) is 24.6. The van der Waals surface area contributed by atoms with E-state index in [0.29, 0.717) is 0 Å². The number of amides is 2. The predicted molar refractivity (Wildman–Crippen MR) is 211 cm³/mol. The van der Waals surface area contributed by atoms with E-state index in [1.54, 1.807) is 27.7 Å². The Bertz CT molecular complexity index is 1970.